The molecule has 5 heteroatoms. The average molecular weight is 405 g/mol. The fraction of sp³-hybridized carbons (Fsp3) is 0.500. The zero-order chi connectivity index (χ0) is 22.0. The Hall–Kier alpha value is -2.43. The number of benzene rings is 2. The van der Waals surface area contributed by atoms with Crippen molar-refractivity contribution in [2.75, 3.05) is 28.4 Å². The van der Waals surface area contributed by atoms with Gasteiger partial charge in [-0.3, -0.25) is 0 Å². The van der Waals surface area contributed by atoms with E-state index in [1.165, 1.54) is 0 Å². The van der Waals surface area contributed by atoms with Crippen molar-refractivity contribution in [3.05, 3.63) is 46.8 Å². The van der Waals surface area contributed by atoms with Gasteiger partial charge in [0.15, 0.2) is 11.5 Å². The van der Waals surface area contributed by atoms with Crippen LogP contribution in [-0.2, 0) is 17.3 Å². The van der Waals surface area contributed by atoms with E-state index in [2.05, 4.69) is 13.8 Å². The summed E-state index contributed by atoms with van der Waals surface area (Å²) in [4.78, 5) is 0. The average Bonchev–Trinajstić information content (AvgIpc) is 2.66. The minimum Gasteiger partial charge on any atom is -0.496 e. The van der Waals surface area contributed by atoms with Crippen molar-refractivity contribution in [3.63, 3.8) is 0 Å². The lowest BCUT2D eigenvalue weighted by molar-refractivity contribution is 0.322. The molecule has 0 fully saturated rings. The van der Waals surface area contributed by atoms with Gasteiger partial charge < -0.3 is 18.9 Å². The van der Waals surface area contributed by atoms with Crippen LogP contribution in [0.25, 0.3) is 0 Å². The van der Waals surface area contributed by atoms with E-state index < -0.39 is 0 Å². The molecule has 29 heavy (non-hydrogen) atoms. The van der Waals surface area contributed by atoms with Crippen LogP contribution in [0.4, 0.5) is 4.39 Å². The molecule has 2 aromatic rings. The lowest BCUT2D eigenvalue weighted by Gasteiger charge is -2.29. The van der Waals surface area contributed by atoms with Crippen molar-refractivity contribution in [3.8, 4) is 23.0 Å². The first-order valence-electron chi connectivity index (χ1n) is 9.65. The molecule has 0 aliphatic rings. The van der Waals surface area contributed by atoms with Crippen LogP contribution in [-0.4, -0.2) is 28.4 Å². The van der Waals surface area contributed by atoms with Crippen LogP contribution in [0, 0.1) is 5.82 Å². The van der Waals surface area contributed by atoms with Crippen LogP contribution in [0.3, 0.4) is 0 Å². The van der Waals surface area contributed by atoms with Crippen molar-refractivity contribution < 1.29 is 23.3 Å². The third-order valence-corrected chi connectivity index (χ3v) is 5.26. The zero-order valence-corrected chi connectivity index (χ0v) is 19.0. The quantitative estimate of drug-likeness (QED) is 0.595. The van der Waals surface area contributed by atoms with E-state index in [1.54, 1.807) is 34.5 Å². The smallest absolute Gasteiger partial charge is 0.203 e. The summed E-state index contributed by atoms with van der Waals surface area (Å²) in [5, 5.41) is 0. The van der Waals surface area contributed by atoms with E-state index in [0.717, 1.165) is 11.1 Å². The summed E-state index contributed by atoms with van der Waals surface area (Å²) >= 11 is 0. The molecule has 0 unspecified atom stereocenters. The van der Waals surface area contributed by atoms with Crippen molar-refractivity contribution in [1.82, 2.24) is 0 Å². The lowest BCUT2D eigenvalue weighted by atomic mass is 9.77. The van der Waals surface area contributed by atoms with Gasteiger partial charge in [0, 0.05) is 5.56 Å². The van der Waals surface area contributed by atoms with Gasteiger partial charge in [-0.05, 0) is 52.6 Å². The predicted molar refractivity (Wildman–Crippen MR) is 114 cm³/mol. The summed E-state index contributed by atoms with van der Waals surface area (Å²) in [5.41, 5.74) is 1.82. The molecule has 0 bridgehead atoms. The van der Waals surface area contributed by atoms with Gasteiger partial charge in [0.1, 0.15) is 11.6 Å². The van der Waals surface area contributed by atoms with E-state index >= 15 is 4.39 Å². The fourth-order valence-corrected chi connectivity index (χ4v) is 3.54. The normalized spacial score (nSPS) is 11.9. The second-order valence-corrected chi connectivity index (χ2v) is 8.87. The Morgan fingerprint density at radius 2 is 1.24 bits per heavy atom. The van der Waals surface area contributed by atoms with E-state index in [0.29, 0.717) is 35.0 Å². The number of methoxy groups -OCH3 is 4. The molecule has 0 aliphatic heterocycles. The Balaban J connectivity index is 2.51. The van der Waals surface area contributed by atoms with Gasteiger partial charge in [0.25, 0.3) is 0 Å². The molecule has 0 spiro atoms. The molecular formula is C24H33FO4. The number of hydrogen-bond acceptors (Lipinski definition) is 4. The van der Waals surface area contributed by atoms with Gasteiger partial charge >= 0.3 is 0 Å². The second-order valence-electron chi connectivity index (χ2n) is 8.87. The number of ether oxygens (including phenoxy) is 4. The van der Waals surface area contributed by atoms with Gasteiger partial charge in [-0.2, -0.15) is 0 Å². The standard InChI is InChI=1S/C24H33FO4/c1-23(2,3)17-13-18(25)15(10-19(17)26-6)14-24(4,5)16-11-20(27-7)22(29-9)21(12-16)28-8/h10-13H,14H2,1-9H3. The van der Waals surface area contributed by atoms with Crippen molar-refractivity contribution in [2.24, 2.45) is 0 Å². The summed E-state index contributed by atoms with van der Waals surface area (Å²) in [7, 11) is 6.37. The highest BCUT2D eigenvalue weighted by molar-refractivity contribution is 5.55. The Morgan fingerprint density at radius 1 is 0.724 bits per heavy atom. The van der Waals surface area contributed by atoms with E-state index in [4.69, 9.17) is 18.9 Å². The molecule has 0 aliphatic carbocycles. The van der Waals surface area contributed by atoms with Crippen molar-refractivity contribution in [2.45, 2.75) is 51.9 Å². The molecule has 160 valence electrons. The highest BCUT2D eigenvalue weighted by Crippen LogP contribution is 2.43. The topological polar surface area (TPSA) is 36.9 Å². The highest BCUT2D eigenvalue weighted by Gasteiger charge is 2.28. The maximum Gasteiger partial charge on any atom is 0.203 e. The molecule has 0 heterocycles. The number of hydrogen-bond donors (Lipinski definition) is 0. The fourth-order valence-electron chi connectivity index (χ4n) is 3.54. The van der Waals surface area contributed by atoms with Gasteiger partial charge in [-0.1, -0.05) is 34.6 Å². The SMILES string of the molecule is COc1cc(CC(C)(C)c2cc(OC)c(OC)c(OC)c2)c(F)cc1C(C)(C)C. The molecule has 0 amide bonds. The number of halogens is 1. The zero-order valence-electron chi connectivity index (χ0n) is 19.0. The van der Waals surface area contributed by atoms with E-state index in [-0.39, 0.29) is 16.6 Å². The first-order valence-corrected chi connectivity index (χ1v) is 9.65. The van der Waals surface area contributed by atoms with Gasteiger partial charge in [-0.25, -0.2) is 4.39 Å². The Morgan fingerprint density at radius 3 is 1.66 bits per heavy atom. The Bertz CT molecular complexity index is 841. The Labute approximate surface area is 173 Å². The van der Waals surface area contributed by atoms with E-state index in [1.807, 2.05) is 39.0 Å². The molecule has 2 rings (SSSR count). The molecule has 0 saturated heterocycles. The molecule has 0 saturated carbocycles. The van der Waals surface area contributed by atoms with Crippen LogP contribution >= 0.6 is 0 Å². The van der Waals surface area contributed by atoms with Crippen LogP contribution < -0.4 is 18.9 Å². The van der Waals surface area contributed by atoms with Gasteiger partial charge in [0.05, 0.1) is 28.4 Å². The van der Waals surface area contributed by atoms with Crippen LogP contribution in [0.1, 0.15) is 51.3 Å². The first-order chi connectivity index (χ1) is 13.5. The summed E-state index contributed by atoms with van der Waals surface area (Å²) in [6, 6.07) is 7.25. The van der Waals surface area contributed by atoms with Crippen molar-refractivity contribution >= 4 is 0 Å². The minimum atomic E-state index is -0.387. The summed E-state index contributed by atoms with van der Waals surface area (Å²) < 4.78 is 37.0. The molecule has 2 aromatic carbocycles. The lowest BCUT2D eigenvalue weighted by Crippen LogP contribution is -2.22. The summed E-state index contributed by atoms with van der Waals surface area (Å²) in [6.07, 6.45) is 0.484. The maximum atomic E-state index is 15.0. The first kappa shape index (κ1) is 22.9. The van der Waals surface area contributed by atoms with Crippen LogP contribution in [0.15, 0.2) is 24.3 Å². The van der Waals surface area contributed by atoms with Crippen LogP contribution in [0.5, 0.6) is 23.0 Å². The number of rotatable bonds is 7. The monoisotopic (exact) mass is 404 g/mol. The molecule has 4 nitrogen and oxygen atoms in total. The van der Waals surface area contributed by atoms with Crippen LogP contribution in [0.2, 0.25) is 0 Å². The van der Waals surface area contributed by atoms with Crippen molar-refractivity contribution in [1.29, 1.82) is 0 Å². The maximum absolute atomic E-state index is 15.0. The van der Waals surface area contributed by atoms with E-state index in [9.17, 15) is 0 Å². The third-order valence-electron chi connectivity index (χ3n) is 5.26. The molecule has 0 N–H and O–H groups in total. The highest BCUT2D eigenvalue weighted by atomic mass is 19.1. The summed E-state index contributed by atoms with van der Waals surface area (Å²) in [5.74, 6) is 2.18. The molecular weight excluding hydrogens is 371 g/mol. The second kappa shape index (κ2) is 8.52. The Kier molecular flexibility index (Phi) is 6.71. The summed E-state index contributed by atoms with van der Waals surface area (Å²) in [6.45, 7) is 10.3. The predicted octanol–water partition coefficient (Wildman–Crippen LogP) is 5.68. The van der Waals surface area contributed by atoms with Gasteiger partial charge in [0.2, 0.25) is 5.75 Å². The third kappa shape index (κ3) is 4.77. The molecule has 0 radical (unpaired) electrons. The minimum absolute atomic E-state index is 0.211. The van der Waals surface area contributed by atoms with Gasteiger partial charge in [-0.15, -0.1) is 0 Å². The molecule has 0 aromatic heterocycles. The largest absolute Gasteiger partial charge is 0.496 e. The molecule has 0 atom stereocenters.